The second kappa shape index (κ2) is 15.3. The van der Waals surface area contributed by atoms with Gasteiger partial charge in [-0.3, -0.25) is 9.59 Å². The average molecular weight is 725 g/mol. The molecule has 2 heterocycles. The van der Waals surface area contributed by atoms with Crippen molar-refractivity contribution in [1.29, 1.82) is 0 Å². The maximum Gasteiger partial charge on any atom is 0.285 e. The van der Waals surface area contributed by atoms with Crippen LogP contribution in [0.5, 0.6) is 5.75 Å². The Kier molecular flexibility index (Phi) is 10.7. The lowest BCUT2D eigenvalue weighted by atomic mass is 9.68. The fourth-order valence-electron chi connectivity index (χ4n) is 8.90. The molecule has 0 radical (unpaired) electrons. The number of ether oxygens (including phenoxy) is 2. The maximum absolute atomic E-state index is 14.6. The molecule has 0 unspecified atom stereocenters. The van der Waals surface area contributed by atoms with Crippen LogP contribution in [0, 0.1) is 24.7 Å². The van der Waals surface area contributed by atoms with Gasteiger partial charge in [-0.1, -0.05) is 73.2 Å². The second-order valence-corrected chi connectivity index (χ2v) is 18.1. The van der Waals surface area contributed by atoms with Crippen molar-refractivity contribution in [2.75, 3.05) is 43.2 Å². The fourth-order valence-corrected chi connectivity index (χ4v) is 11.2. The number of nitrogens with zero attached hydrogens (tertiary/aromatic N) is 2. The largest absolute Gasteiger partial charge is 0.490 e. The van der Waals surface area contributed by atoms with E-state index >= 15 is 0 Å². The minimum absolute atomic E-state index is 0.0504. The van der Waals surface area contributed by atoms with Crippen molar-refractivity contribution in [1.82, 2.24) is 0 Å². The quantitative estimate of drug-likeness (QED) is 0.276. The van der Waals surface area contributed by atoms with Crippen molar-refractivity contribution in [2.24, 2.45) is 22.1 Å². The van der Waals surface area contributed by atoms with E-state index in [2.05, 4.69) is 46.5 Å². The molecule has 4 aliphatic rings. The third-order valence-corrected chi connectivity index (χ3v) is 14.1. The van der Waals surface area contributed by atoms with E-state index < -0.39 is 33.3 Å². The molecule has 52 heavy (non-hydrogen) atoms. The molecule has 2 bridgehead atoms. The molecule has 9 heteroatoms. The van der Waals surface area contributed by atoms with Gasteiger partial charge in [0.05, 0.1) is 33.9 Å². The van der Waals surface area contributed by atoms with Crippen molar-refractivity contribution in [3.63, 3.8) is 0 Å². The maximum atomic E-state index is 14.6. The summed E-state index contributed by atoms with van der Waals surface area (Å²) in [5.74, 6) is -0.288. The van der Waals surface area contributed by atoms with Gasteiger partial charge in [-0.15, -0.1) is 0 Å². The Balaban J connectivity index is 1.26. The number of methoxy groups -OCH3 is 1. The van der Waals surface area contributed by atoms with Gasteiger partial charge >= 0.3 is 0 Å². The molecular formula is C43H52N2O6S. The molecule has 2 aliphatic heterocycles. The van der Waals surface area contributed by atoms with Crippen LogP contribution in [0.3, 0.4) is 0 Å². The lowest BCUT2D eigenvalue weighted by Crippen LogP contribution is -2.49. The summed E-state index contributed by atoms with van der Waals surface area (Å²) in [6, 6.07) is 21.5. The molecule has 3 aromatic carbocycles. The zero-order valence-electron chi connectivity index (χ0n) is 30.7. The predicted molar refractivity (Wildman–Crippen MR) is 206 cm³/mol. The fraction of sp³-hybridized carbons (Fsp3) is 0.488. The molecule has 1 N–H and O–H groups in total. The van der Waals surface area contributed by atoms with Crippen molar-refractivity contribution >= 4 is 27.1 Å². The lowest BCUT2D eigenvalue weighted by Gasteiger charge is -2.46. The number of fused-ring (bicyclic) bond motifs is 4. The van der Waals surface area contributed by atoms with Gasteiger partial charge in [0.25, 0.3) is 5.91 Å². The summed E-state index contributed by atoms with van der Waals surface area (Å²) in [6.45, 7) is 6.21. The number of carbonyl (C=O) groups is 2. The minimum atomic E-state index is -3.37. The molecule has 7 atom stereocenters. The first-order valence-corrected chi connectivity index (χ1v) is 20.7. The first-order chi connectivity index (χ1) is 25.0. The smallest absolute Gasteiger partial charge is 0.285 e. The van der Waals surface area contributed by atoms with Crippen LogP contribution >= 0.6 is 0 Å². The Morgan fingerprint density at radius 3 is 2.73 bits per heavy atom. The van der Waals surface area contributed by atoms with E-state index in [0.717, 1.165) is 62.2 Å². The van der Waals surface area contributed by atoms with Crippen LogP contribution in [0.1, 0.15) is 71.6 Å². The predicted octanol–water partition coefficient (Wildman–Crippen LogP) is 6.89. The summed E-state index contributed by atoms with van der Waals surface area (Å²) >= 11 is 0. The SMILES string of the molecule is CO[C@H]1/C=C/C[C@H](C)C[S@@](=O)(CC(=O)[C@H](O)Cc2ccccc2)=NC(=O)c2ccc3c(c2)N(C[C@@H]2CC[C@H]21)C[C@@]1(CCCc2cc(C)ccc21)CO3. The van der Waals surface area contributed by atoms with Crippen LogP contribution in [-0.2, 0) is 37.5 Å². The third kappa shape index (κ3) is 7.78. The zero-order valence-corrected chi connectivity index (χ0v) is 31.5. The molecular weight excluding hydrogens is 673 g/mol. The van der Waals surface area contributed by atoms with Crippen molar-refractivity contribution in [2.45, 2.75) is 76.4 Å². The van der Waals surface area contributed by atoms with Crippen LogP contribution in [0.2, 0.25) is 0 Å². The van der Waals surface area contributed by atoms with Gasteiger partial charge in [-0.2, -0.15) is 4.36 Å². The Labute approximate surface area is 308 Å². The van der Waals surface area contributed by atoms with Crippen LogP contribution < -0.4 is 9.64 Å². The van der Waals surface area contributed by atoms with Gasteiger partial charge in [0, 0.05) is 43.4 Å². The summed E-state index contributed by atoms with van der Waals surface area (Å²) in [5.41, 5.74) is 5.76. The number of aliphatic hydroxyl groups excluding tert-OH is 1. The Hall–Kier alpha value is -3.79. The van der Waals surface area contributed by atoms with Crippen LogP contribution in [-0.4, -0.2) is 71.5 Å². The summed E-state index contributed by atoms with van der Waals surface area (Å²) in [6.07, 6.45) is 8.86. The number of amides is 1. The first-order valence-electron chi connectivity index (χ1n) is 18.9. The second-order valence-electron chi connectivity index (χ2n) is 15.8. The molecule has 276 valence electrons. The number of allylic oxidation sites excluding steroid dienone is 1. The van der Waals surface area contributed by atoms with Crippen molar-refractivity contribution in [3.8, 4) is 5.75 Å². The van der Waals surface area contributed by atoms with E-state index in [0.29, 0.717) is 30.4 Å². The number of hydrogen-bond acceptors (Lipinski definition) is 7. The van der Waals surface area contributed by atoms with E-state index in [1.54, 1.807) is 13.2 Å². The first kappa shape index (κ1) is 36.6. The molecule has 7 rings (SSSR count). The summed E-state index contributed by atoms with van der Waals surface area (Å²) in [7, 11) is -1.60. The number of benzene rings is 3. The number of carbonyl (C=O) groups excluding carboxylic acids is 2. The van der Waals surface area contributed by atoms with Crippen LogP contribution in [0.25, 0.3) is 0 Å². The van der Waals surface area contributed by atoms with Crippen molar-refractivity contribution in [3.05, 3.63) is 107 Å². The third-order valence-electron chi connectivity index (χ3n) is 11.8. The van der Waals surface area contributed by atoms with Gasteiger partial charge in [-0.25, -0.2) is 4.21 Å². The molecule has 3 aromatic rings. The molecule has 1 saturated carbocycles. The molecule has 0 saturated heterocycles. The number of aryl methyl sites for hydroxylation is 2. The molecule has 2 aliphatic carbocycles. The topological polar surface area (TPSA) is 106 Å². The average Bonchev–Trinajstić information content (AvgIpc) is 3.26. The Morgan fingerprint density at radius 1 is 1.13 bits per heavy atom. The van der Waals surface area contributed by atoms with Crippen LogP contribution in [0.15, 0.2) is 83.2 Å². The lowest BCUT2D eigenvalue weighted by molar-refractivity contribution is -0.124. The highest BCUT2D eigenvalue weighted by atomic mass is 32.2. The molecule has 0 aromatic heterocycles. The number of rotatable bonds is 6. The van der Waals surface area contributed by atoms with Gasteiger partial charge in [0.1, 0.15) is 11.9 Å². The van der Waals surface area contributed by atoms with Gasteiger partial charge < -0.3 is 19.5 Å². The summed E-state index contributed by atoms with van der Waals surface area (Å²) in [4.78, 5) is 29.9. The highest BCUT2D eigenvalue weighted by Crippen LogP contribution is 2.47. The highest BCUT2D eigenvalue weighted by Gasteiger charge is 2.44. The molecule has 8 nitrogen and oxygen atoms in total. The van der Waals surface area contributed by atoms with E-state index in [1.165, 1.54) is 16.7 Å². The van der Waals surface area contributed by atoms with Gasteiger partial charge in [-0.05, 0) is 98.1 Å². The zero-order chi connectivity index (χ0) is 36.5. The Morgan fingerprint density at radius 2 is 1.96 bits per heavy atom. The van der Waals surface area contributed by atoms with Crippen molar-refractivity contribution < 1.29 is 28.4 Å². The number of ketones is 1. The van der Waals surface area contributed by atoms with E-state index in [1.807, 2.05) is 49.4 Å². The number of Topliss-reactive ketones (excluding diaryl/α,β-unsaturated/α-hetero) is 1. The number of anilines is 1. The van der Waals surface area contributed by atoms with E-state index in [4.69, 9.17) is 9.47 Å². The molecule has 1 fully saturated rings. The van der Waals surface area contributed by atoms with Crippen LogP contribution in [0.4, 0.5) is 5.69 Å². The Bertz CT molecular complexity index is 1950. The standard InChI is InChI=1S/C43H52N2O6S/c1-29-14-18-36-32(21-29)12-8-20-43(36)27-45-24-34-15-17-35(34)40(50-3)13-7-9-30(2)25-52(49,26-39(47)38(46)22-31-10-5-4-6-11-31)44-42(48)33-16-19-41(51-28-43)37(45)23-33/h4-7,10-11,13-14,16,18-19,21,23,30,34-35,38,40,46H,8-9,12,15,17,20,22,24-28H2,1-3H3/b13-7+/t30-,34-,35+,38+,40-,43-,52+/m0/s1. The van der Waals surface area contributed by atoms with E-state index in [-0.39, 0.29) is 29.6 Å². The summed E-state index contributed by atoms with van der Waals surface area (Å²) < 4.78 is 31.7. The minimum Gasteiger partial charge on any atom is -0.490 e. The monoisotopic (exact) mass is 724 g/mol. The van der Waals surface area contributed by atoms with E-state index in [9.17, 15) is 18.9 Å². The molecule has 1 amide bonds. The summed E-state index contributed by atoms with van der Waals surface area (Å²) in [5, 5.41) is 10.9. The number of aliphatic hydroxyl groups is 1. The van der Waals surface area contributed by atoms with Gasteiger partial charge in [0.2, 0.25) is 0 Å². The van der Waals surface area contributed by atoms with Gasteiger partial charge in [0.15, 0.2) is 5.78 Å². The number of hydrogen-bond donors (Lipinski definition) is 1. The highest BCUT2D eigenvalue weighted by molar-refractivity contribution is 7.94. The molecule has 1 spiro atoms. The normalized spacial score (nSPS) is 30.1.